The van der Waals surface area contributed by atoms with Gasteiger partial charge in [-0.3, -0.25) is 0 Å². The van der Waals surface area contributed by atoms with Crippen LogP contribution in [0.25, 0.3) is 0 Å². The molecule has 1 atom stereocenters. The minimum Gasteiger partial charge on any atom is -0.310 e. The number of hydrogen-bond donors (Lipinski definition) is 1. The van der Waals surface area contributed by atoms with Crippen molar-refractivity contribution in [3.8, 4) is 0 Å². The van der Waals surface area contributed by atoms with Crippen LogP contribution in [0.5, 0.6) is 0 Å². The average molecular weight is 360 g/mol. The largest absolute Gasteiger partial charge is 0.310 e. The van der Waals surface area contributed by atoms with Crippen LogP contribution in [-0.2, 0) is 0 Å². The molecule has 0 aliphatic rings. The highest BCUT2D eigenvalue weighted by Gasteiger charge is 2.15. The zero-order valence-corrected chi connectivity index (χ0v) is 15.7. The standard InChI is InChI=1S/C17H30BrNS/c1-4-6-7-8-9-10-11-16(19-12-5-2)15-13-17(18)20-14(15)3/h13,16,19H,4-12H2,1-3H3. The van der Waals surface area contributed by atoms with E-state index in [0.717, 1.165) is 6.54 Å². The summed E-state index contributed by atoms with van der Waals surface area (Å²) in [4.78, 5) is 1.46. The maximum atomic E-state index is 3.73. The fraction of sp³-hybridized carbons (Fsp3) is 0.765. The van der Waals surface area contributed by atoms with Crippen LogP contribution in [0.2, 0.25) is 0 Å². The van der Waals surface area contributed by atoms with E-state index in [1.54, 1.807) is 0 Å². The minimum atomic E-state index is 0.545. The molecule has 1 rings (SSSR count). The van der Waals surface area contributed by atoms with E-state index in [1.807, 2.05) is 11.3 Å². The van der Waals surface area contributed by atoms with Crippen LogP contribution in [0.1, 0.15) is 81.7 Å². The van der Waals surface area contributed by atoms with Gasteiger partial charge in [-0.25, -0.2) is 0 Å². The van der Waals surface area contributed by atoms with Crippen molar-refractivity contribution in [2.45, 2.75) is 78.2 Å². The third kappa shape index (κ3) is 6.73. The van der Waals surface area contributed by atoms with Crippen LogP contribution in [0.15, 0.2) is 9.85 Å². The average Bonchev–Trinajstić information content (AvgIpc) is 2.76. The molecule has 0 aromatic carbocycles. The lowest BCUT2D eigenvalue weighted by molar-refractivity contribution is 0.466. The third-order valence-electron chi connectivity index (χ3n) is 3.79. The molecule has 0 aliphatic carbocycles. The number of aryl methyl sites for hydroxylation is 1. The second-order valence-electron chi connectivity index (χ2n) is 5.63. The zero-order chi connectivity index (χ0) is 14.8. The molecular weight excluding hydrogens is 330 g/mol. The van der Waals surface area contributed by atoms with E-state index in [9.17, 15) is 0 Å². The lowest BCUT2D eigenvalue weighted by Crippen LogP contribution is -2.22. The quantitative estimate of drug-likeness (QED) is 0.438. The predicted octanol–water partition coefficient (Wildman–Crippen LogP) is 6.61. The van der Waals surface area contributed by atoms with Crippen molar-refractivity contribution in [3.05, 3.63) is 20.3 Å². The molecule has 0 saturated heterocycles. The number of hydrogen-bond acceptors (Lipinski definition) is 2. The third-order valence-corrected chi connectivity index (χ3v) is 5.36. The molecule has 1 aromatic rings. The highest BCUT2D eigenvalue weighted by molar-refractivity contribution is 9.11. The van der Waals surface area contributed by atoms with E-state index in [1.165, 1.54) is 65.6 Å². The van der Waals surface area contributed by atoms with E-state index in [4.69, 9.17) is 0 Å². The van der Waals surface area contributed by atoms with Crippen LogP contribution in [0.3, 0.4) is 0 Å². The highest BCUT2D eigenvalue weighted by Crippen LogP contribution is 2.32. The van der Waals surface area contributed by atoms with Crippen molar-refractivity contribution in [1.29, 1.82) is 0 Å². The first-order valence-corrected chi connectivity index (χ1v) is 9.79. The van der Waals surface area contributed by atoms with Gasteiger partial charge in [-0.15, -0.1) is 11.3 Å². The van der Waals surface area contributed by atoms with Gasteiger partial charge >= 0.3 is 0 Å². The molecule has 1 nitrogen and oxygen atoms in total. The summed E-state index contributed by atoms with van der Waals surface area (Å²) in [5, 5.41) is 3.73. The molecular formula is C17H30BrNS. The van der Waals surface area contributed by atoms with E-state index < -0.39 is 0 Å². The van der Waals surface area contributed by atoms with Gasteiger partial charge in [0.25, 0.3) is 0 Å². The van der Waals surface area contributed by atoms with E-state index >= 15 is 0 Å². The predicted molar refractivity (Wildman–Crippen MR) is 95.8 cm³/mol. The van der Waals surface area contributed by atoms with Crippen molar-refractivity contribution in [3.63, 3.8) is 0 Å². The fourth-order valence-corrected chi connectivity index (χ4v) is 4.39. The Labute approximate surface area is 137 Å². The van der Waals surface area contributed by atoms with Crippen LogP contribution >= 0.6 is 27.3 Å². The Morgan fingerprint density at radius 2 is 1.80 bits per heavy atom. The molecule has 0 bridgehead atoms. The van der Waals surface area contributed by atoms with Crippen LogP contribution < -0.4 is 5.32 Å². The van der Waals surface area contributed by atoms with Gasteiger partial charge in [0.2, 0.25) is 0 Å². The second-order valence-corrected chi connectivity index (χ2v) is 8.26. The maximum Gasteiger partial charge on any atom is 0.0704 e. The number of unbranched alkanes of at least 4 members (excludes halogenated alkanes) is 5. The van der Waals surface area contributed by atoms with Gasteiger partial charge in [0, 0.05) is 10.9 Å². The molecule has 20 heavy (non-hydrogen) atoms. The summed E-state index contributed by atoms with van der Waals surface area (Å²) in [7, 11) is 0. The normalized spacial score (nSPS) is 12.8. The summed E-state index contributed by atoms with van der Waals surface area (Å²) in [6.45, 7) is 7.88. The number of thiophene rings is 1. The summed E-state index contributed by atoms with van der Waals surface area (Å²) < 4.78 is 1.26. The maximum absolute atomic E-state index is 3.73. The Morgan fingerprint density at radius 3 is 2.40 bits per heavy atom. The summed E-state index contributed by atoms with van der Waals surface area (Å²) in [5.74, 6) is 0. The fourth-order valence-electron chi connectivity index (χ4n) is 2.62. The van der Waals surface area contributed by atoms with Crippen LogP contribution in [0, 0.1) is 6.92 Å². The van der Waals surface area contributed by atoms with Gasteiger partial charge in [0.1, 0.15) is 0 Å². The van der Waals surface area contributed by atoms with Gasteiger partial charge in [0.15, 0.2) is 0 Å². The van der Waals surface area contributed by atoms with Crippen LogP contribution in [-0.4, -0.2) is 6.54 Å². The summed E-state index contributed by atoms with van der Waals surface area (Å²) in [6, 6.07) is 2.85. The molecule has 116 valence electrons. The van der Waals surface area contributed by atoms with Gasteiger partial charge in [-0.1, -0.05) is 52.4 Å². The molecule has 1 aromatic heterocycles. The van der Waals surface area contributed by atoms with E-state index in [2.05, 4.69) is 48.1 Å². The lowest BCUT2D eigenvalue weighted by Gasteiger charge is -2.18. The molecule has 0 aliphatic heterocycles. The van der Waals surface area contributed by atoms with Crippen molar-refractivity contribution in [2.24, 2.45) is 0 Å². The Hall–Kier alpha value is 0.140. The molecule has 0 radical (unpaired) electrons. The van der Waals surface area contributed by atoms with E-state index in [-0.39, 0.29) is 0 Å². The SMILES string of the molecule is CCCCCCCCC(NCCC)c1cc(Br)sc1C. The summed E-state index contributed by atoms with van der Waals surface area (Å²) >= 11 is 5.48. The zero-order valence-electron chi connectivity index (χ0n) is 13.3. The van der Waals surface area contributed by atoms with Crippen molar-refractivity contribution in [2.75, 3.05) is 6.54 Å². The smallest absolute Gasteiger partial charge is 0.0704 e. The summed E-state index contributed by atoms with van der Waals surface area (Å²) in [6.07, 6.45) is 10.8. The minimum absolute atomic E-state index is 0.545. The van der Waals surface area contributed by atoms with Crippen molar-refractivity contribution < 1.29 is 0 Å². The molecule has 0 fully saturated rings. The number of halogens is 1. The molecule has 0 spiro atoms. The molecule has 0 saturated carbocycles. The Kier molecular flexibility index (Phi) is 9.83. The van der Waals surface area contributed by atoms with Crippen molar-refractivity contribution >= 4 is 27.3 Å². The molecule has 1 N–H and O–H groups in total. The van der Waals surface area contributed by atoms with Gasteiger partial charge < -0.3 is 5.32 Å². The first kappa shape index (κ1) is 18.2. The Bertz CT molecular complexity index is 362. The van der Waals surface area contributed by atoms with E-state index in [0.29, 0.717) is 6.04 Å². The second kappa shape index (κ2) is 10.8. The van der Waals surface area contributed by atoms with Crippen LogP contribution in [0.4, 0.5) is 0 Å². The molecule has 0 amide bonds. The Balaban J connectivity index is 2.42. The van der Waals surface area contributed by atoms with Gasteiger partial charge in [-0.05, 0) is 53.9 Å². The highest BCUT2D eigenvalue weighted by atomic mass is 79.9. The van der Waals surface area contributed by atoms with Crippen molar-refractivity contribution in [1.82, 2.24) is 5.32 Å². The monoisotopic (exact) mass is 359 g/mol. The first-order valence-electron chi connectivity index (χ1n) is 8.18. The first-order chi connectivity index (χ1) is 9.69. The molecule has 1 unspecified atom stereocenters. The topological polar surface area (TPSA) is 12.0 Å². The summed E-state index contributed by atoms with van der Waals surface area (Å²) in [5.41, 5.74) is 1.50. The van der Waals surface area contributed by atoms with Gasteiger partial charge in [-0.2, -0.15) is 0 Å². The lowest BCUT2D eigenvalue weighted by atomic mass is 10.00. The molecule has 1 heterocycles. The molecule has 3 heteroatoms. The Morgan fingerprint density at radius 1 is 1.10 bits per heavy atom. The number of nitrogens with one attached hydrogen (secondary N) is 1. The van der Waals surface area contributed by atoms with Gasteiger partial charge in [0.05, 0.1) is 3.79 Å². The number of rotatable bonds is 11.